The largest absolute Gasteiger partial charge is 0.311 e. The van der Waals surface area contributed by atoms with E-state index < -0.39 is 0 Å². The van der Waals surface area contributed by atoms with Crippen molar-refractivity contribution in [3.63, 3.8) is 0 Å². The lowest BCUT2D eigenvalue weighted by atomic mass is 9.94. The summed E-state index contributed by atoms with van der Waals surface area (Å²) in [5.74, 6) is 2.00. The second-order valence-electron chi connectivity index (χ2n) is 5.80. The van der Waals surface area contributed by atoms with Crippen molar-refractivity contribution < 1.29 is 0 Å². The van der Waals surface area contributed by atoms with Gasteiger partial charge in [-0.05, 0) is 50.6 Å². The van der Waals surface area contributed by atoms with Crippen LogP contribution >= 0.6 is 0 Å². The summed E-state index contributed by atoms with van der Waals surface area (Å²) in [5, 5.41) is 3.93. The van der Waals surface area contributed by atoms with Crippen molar-refractivity contribution in [2.75, 3.05) is 19.6 Å². The molecule has 3 aliphatic rings. The molecule has 0 aromatic heterocycles. The molecule has 1 aliphatic carbocycles. The minimum Gasteiger partial charge on any atom is -0.311 e. The van der Waals surface area contributed by atoms with Crippen LogP contribution in [-0.4, -0.2) is 36.6 Å². The lowest BCUT2D eigenvalue weighted by Crippen LogP contribution is -2.45. The van der Waals surface area contributed by atoms with Crippen molar-refractivity contribution in [2.24, 2.45) is 11.8 Å². The highest BCUT2D eigenvalue weighted by atomic mass is 15.2. The Hall–Kier alpha value is -0.0800. The highest BCUT2D eigenvalue weighted by molar-refractivity contribution is 4.99. The van der Waals surface area contributed by atoms with Crippen molar-refractivity contribution >= 4 is 0 Å². The molecule has 2 heteroatoms. The van der Waals surface area contributed by atoms with Gasteiger partial charge in [-0.25, -0.2) is 0 Å². The molecule has 2 bridgehead atoms. The number of hydrogen-bond donors (Lipinski definition) is 1. The first kappa shape index (κ1) is 10.1. The van der Waals surface area contributed by atoms with E-state index in [0.717, 1.165) is 23.9 Å². The third-order valence-electron chi connectivity index (χ3n) is 4.64. The minimum atomic E-state index is 0.857. The van der Waals surface area contributed by atoms with Gasteiger partial charge in [-0.3, -0.25) is 0 Å². The Bertz CT molecular complexity index is 229. The quantitative estimate of drug-likeness (QED) is 0.758. The molecule has 0 spiro atoms. The standard InChI is InChI=1S/C13H24N2/c1-2-3-10-8-13(10)14-12-5-7-15-6-4-11(12)9-15/h10-14H,2-9H2,1H3. The second kappa shape index (κ2) is 4.06. The van der Waals surface area contributed by atoms with Crippen LogP contribution in [0.4, 0.5) is 0 Å². The molecule has 86 valence electrons. The molecular formula is C13H24N2. The molecule has 1 N–H and O–H groups in total. The van der Waals surface area contributed by atoms with Crippen molar-refractivity contribution in [3.05, 3.63) is 0 Å². The van der Waals surface area contributed by atoms with Crippen molar-refractivity contribution in [1.29, 1.82) is 0 Å². The molecule has 2 aliphatic heterocycles. The van der Waals surface area contributed by atoms with E-state index >= 15 is 0 Å². The number of nitrogens with zero attached hydrogens (tertiary/aromatic N) is 1. The minimum absolute atomic E-state index is 0.857. The van der Waals surface area contributed by atoms with Crippen molar-refractivity contribution in [1.82, 2.24) is 10.2 Å². The van der Waals surface area contributed by atoms with E-state index in [-0.39, 0.29) is 0 Å². The monoisotopic (exact) mass is 208 g/mol. The van der Waals surface area contributed by atoms with Crippen LogP contribution in [0.1, 0.15) is 39.0 Å². The molecule has 15 heavy (non-hydrogen) atoms. The van der Waals surface area contributed by atoms with Gasteiger partial charge in [0.25, 0.3) is 0 Å². The Morgan fingerprint density at radius 1 is 1.20 bits per heavy atom. The maximum Gasteiger partial charge on any atom is 0.0123 e. The maximum absolute atomic E-state index is 3.93. The molecule has 1 saturated carbocycles. The number of rotatable bonds is 4. The van der Waals surface area contributed by atoms with E-state index in [0.29, 0.717) is 0 Å². The van der Waals surface area contributed by atoms with Gasteiger partial charge in [0.1, 0.15) is 0 Å². The summed E-state index contributed by atoms with van der Waals surface area (Å²) in [6.07, 6.45) is 7.12. The lowest BCUT2D eigenvalue weighted by molar-refractivity contribution is 0.218. The van der Waals surface area contributed by atoms with Gasteiger partial charge in [-0.15, -0.1) is 0 Å². The van der Waals surface area contributed by atoms with Crippen LogP contribution in [0.2, 0.25) is 0 Å². The van der Waals surface area contributed by atoms with Gasteiger partial charge >= 0.3 is 0 Å². The Labute approximate surface area is 93.4 Å². The fourth-order valence-electron chi connectivity index (χ4n) is 3.59. The van der Waals surface area contributed by atoms with Crippen LogP contribution in [0.15, 0.2) is 0 Å². The molecule has 0 aromatic rings. The fraction of sp³-hybridized carbons (Fsp3) is 1.00. The van der Waals surface area contributed by atoms with Gasteiger partial charge in [0.15, 0.2) is 0 Å². The SMILES string of the molecule is CCCC1CC1NC1CCN2CCC1C2. The van der Waals surface area contributed by atoms with E-state index in [9.17, 15) is 0 Å². The summed E-state index contributed by atoms with van der Waals surface area (Å²) >= 11 is 0. The predicted octanol–water partition coefficient (Wildman–Crippen LogP) is 1.86. The van der Waals surface area contributed by atoms with Crippen LogP contribution in [-0.2, 0) is 0 Å². The highest BCUT2D eigenvalue weighted by Gasteiger charge is 2.41. The van der Waals surface area contributed by atoms with E-state index in [2.05, 4.69) is 17.1 Å². The van der Waals surface area contributed by atoms with Gasteiger partial charge in [-0.1, -0.05) is 13.3 Å². The zero-order chi connectivity index (χ0) is 10.3. The number of hydrogen-bond acceptors (Lipinski definition) is 2. The smallest absolute Gasteiger partial charge is 0.0123 e. The second-order valence-corrected chi connectivity index (χ2v) is 5.80. The maximum atomic E-state index is 3.93. The van der Waals surface area contributed by atoms with Gasteiger partial charge in [-0.2, -0.15) is 0 Å². The Balaban J connectivity index is 1.48. The molecule has 5 unspecified atom stereocenters. The van der Waals surface area contributed by atoms with E-state index in [1.54, 1.807) is 0 Å². The zero-order valence-corrected chi connectivity index (χ0v) is 9.91. The molecule has 0 radical (unpaired) electrons. The van der Waals surface area contributed by atoms with Crippen molar-refractivity contribution in [3.8, 4) is 0 Å². The number of piperidine rings is 1. The topological polar surface area (TPSA) is 15.3 Å². The third-order valence-corrected chi connectivity index (χ3v) is 4.64. The molecule has 0 amide bonds. The van der Waals surface area contributed by atoms with Crippen LogP contribution in [0, 0.1) is 11.8 Å². The van der Waals surface area contributed by atoms with Crippen LogP contribution in [0.3, 0.4) is 0 Å². The summed E-state index contributed by atoms with van der Waals surface area (Å²) in [6.45, 7) is 6.40. The fourth-order valence-corrected chi connectivity index (χ4v) is 3.59. The first-order chi connectivity index (χ1) is 7.36. The summed E-state index contributed by atoms with van der Waals surface area (Å²) in [4.78, 5) is 2.64. The van der Waals surface area contributed by atoms with E-state index in [1.165, 1.54) is 51.7 Å². The molecule has 2 nitrogen and oxygen atoms in total. The van der Waals surface area contributed by atoms with Crippen LogP contribution in [0.5, 0.6) is 0 Å². The normalized spacial score (nSPS) is 48.2. The van der Waals surface area contributed by atoms with Gasteiger partial charge in [0.2, 0.25) is 0 Å². The van der Waals surface area contributed by atoms with Gasteiger partial charge in [0, 0.05) is 18.6 Å². The number of nitrogens with one attached hydrogen (secondary N) is 1. The van der Waals surface area contributed by atoms with E-state index in [1.807, 2.05) is 0 Å². The summed E-state index contributed by atoms with van der Waals surface area (Å²) in [7, 11) is 0. The molecule has 2 heterocycles. The van der Waals surface area contributed by atoms with Crippen LogP contribution in [0.25, 0.3) is 0 Å². The summed E-state index contributed by atoms with van der Waals surface area (Å²) in [6, 6.07) is 1.75. The average molecular weight is 208 g/mol. The lowest BCUT2D eigenvalue weighted by Gasteiger charge is -2.31. The molecule has 0 aromatic carbocycles. The first-order valence-corrected chi connectivity index (χ1v) is 6.85. The average Bonchev–Trinajstić information content (AvgIpc) is 2.86. The Kier molecular flexibility index (Phi) is 2.73. The van der Waals surface area contributed by atoms with Gasteiger partial charge in [0.05, 0.1) is 0 Å². The highest BCUT2D eigenvalue weighted by Crippen LogP contribution is 2.37. The predicted molar refractivity (Wildman–Crippen MR) is 62.9 cm³/mol. The van der Waals surface area contributed by atoms with Gasteiger partial charge < -0.3 is 10.2 Å². The Morgan fingerprint density at radius 2 is 2.07 bits per heavy atom. The van der Waals surface area contributed by atoms with Crippen LogP contribution < -0.4 is 5.32 Å². The third kappa shape index (κ3) is 2.07. The molecule has 5 atom stereocenters. The van der Waals surface area contributed by atoms with Crippen molar-refractivity contribution in [2.45, 2.75) is 51.1 Å². The Morgan fingerprint density at radius 3 is 2.93 bits per heavy atom. The van der Waals surface area contributed by atoms with E-state index in [4.69, 9.17) is 0 Å². The first-order valence-electron chi connectivity index (χ1n) is 6.85. The number of fused-ring (bicyclic) bond motifs is 2. The molecular weight excluding hydrogens is 184 g/mol. The molecule has 2 saturated heterocycles. The summed E-state index contributed by atoms with van der Waals surface area (Å²) in [5.41, 5.74) is 0. The molecule has 3 fully saturated rings. The zero-order valence-electron chi connectivity index (χ0n) is 9.91. The molecule has 3 rings (SSSR count). The summed E-state index contributed by atoms with van der Waals surface area (Å²) < 4.78 is 0.